The first-order valence-electron chi connectivity index (χ1n) is 6.03. The van der Waals surface area contributed by atoms with Crippen molar-refractivity contribution in [3.05, 3.63) is 12.7 Å². The molecule has 1 aliphatic rings. The molecule has 18 heavy (non-hydrogen) atoms. The zero-order valence-electron chi connectivity index (χ0n) is 11.5. The van der Waals surface area contributed by atoms with E-state index in [0.717, 1.165) is 0 Å². The van der Waals surface area contributed by atoms with Crippen LogP contribution in [0.5, 0.6) is 0 Å². The lowest BCUT2D eigenvalue weighted by Crippen LogP contribution is -2.57. The van der Waals surface area contributed by atoms with Crippen LogP contribution in [0.1, 0.15) is 27.2 Å². The molecule has 4 atom stereocenters. The molecule has 0 saturated carbocycles. The summed E-state index contributed by atoms with van der Waals surface area (Å²) in [7, 11) is 1.60. The predicted molar refractivity (Wildman–Crippen MR) is 66.1 cm³/mol. The topological polar surface area (TPSA) is 54.0 Å². The molecule has 0 aliphatic carbocycles. The highest BCUT2D eigenvalue weighted by molar-refractivity contribution is 5.66. The number of carbonyl (C=O) groups is 1. The van der Waals surface area contributed by atoms with Gasteiger partial charge in [-0.2, -0.15) is 0 Å². The van der Waals surface area contributed by atoms with E-state index in [-0.39, 0.29) is 18.4 Å². The second-order valence-electron chi connectivity index (χ2n) is 4.64. The van der Waals surface area contributed by atoms with Gasteiger partial charge in [-0.25, -0.2) is 0 Å². The zero-order chi connectivity index (χ0) is 13.8. The molecule has 5 heteroatoms. The normalized spacial score (nSPS) is 36.1. The van der Waals surface area contributed by atoms with Crippen molar-refractivity contribution in [2.75, 3.05) is 13.7 Å². The van der Waals surface area contributed by atoms with Gasteiger partial charge in [0.2, 0.25) is 0 Å². The van der Waals surface area contributed by atoms with E-state index in [2.05, 4.69) is 6.58 Å². The highest BCUT2D eigenvalue weighted by Crippen LogP contribution is 2.34. The third-order valence-corrected chi connectivity index (χ3v) is 3.13. The number of carbonyl (C=O) groups excluding carboxylic acids is 1. The molecular formula is C13H22O5. The van der Waals surface area contributed by atoms with Gasteiger partial charge in [-0.1, -0.05) is 6.08 Å². The van der Waals surface area contributed by atoms with Gasteiger partial charge in [0.1, 0.15) is 5.60 Å². The predicted octanol–water partition coefficient (Wildman–Crippen LogP) is 1.66. The summed E-state index contributed by atoms with van der Waals surface area (Å²) in [5.74, 6) is -0.343. The maximum Gasteiger partial charge on any atom is 0.303 e. The number of methoxy groups -OCH3 is 1. The van der Waals surface area contributed by atoms with Crippen molar-refractivity contribution in [2.45, 2.75) is 51.3 Å². The smallest absolute Gasteiger partial charge is 0.303 e. The lowest BCUT2D eigenvalue weighted by atomic mass is 9.88. The Kier molecular flexibility index (Phi) is 5.31. The van der Waals surface area contributed by atoms with E-state index >= 15 is 0 Å². The third kappa shape index (κ3) is 3.54. The molecule has 1 fully saturated rings. The minimum atomic E-state index is -0.616. The van der Waals surface area contributed by atoms with Crippen molar-refractivity contribution < 1.29 is 23.7 Å². The molecule has 0 unspecified atom stereocenters. The fraction of sp³-hybridized carbons (Fsp3) is 0.769. The van der Waals surface area contributed by atoms with Gasteiger partial charge in [0.15, 0.2) is 12.4 Å². The molecule has 0 radical (unpaired) electrons. The molecule has 0 spiro atoms. The Balaban J connectivity index is 2.76. The molecule has 1 heterocycles. The van der Waals surface area contributed by atoms with Gasteiger partial charge < -0.3 is 18.9 Å². The first kappa shape index (κ1) is 15.1. The van der Waals surface area contributed by atoms with Crippen LogP contribution in [0.15, 0.2) is 12.7 Å². The van der Waals surface area contributed by atoms with Crippen molar-refractivity contribution in [3.8, 4) is 0 Å². The van der Waals surface area contributed by atoms with Crippen molar-refractivity contribution in [2.24, 2.45) is 0 Å². The summed E-state index contributed by atoms with van der Waals surface area (Å²) in [6.45, 7) is 9.12. The van der Waals surface area contributed by atoms with Gasteiger partial charge in [-0.3, -0.25) is 4.79 Å². The minimum Gasteiger partial charge on any atom is -0.457 e. The van der Waals surface area contributed by atoms with Crippen molar-refractivity contribution in [1.82, 2.24) is 0 Å². The van der Waals surface area contributed by atoms with Gasteiger partial charge in [-0.15, -0.1) is 6.58 Å². The Labute approximate surface area is 108 Å². The van der Waals surface area contributed by atoms with E-state index in [0.29, 0.717) is 13.0 Å². The third-order valence-electron chi connectivity index (χ3n) is 3.13. The molecule has 1 aliphatic heterocycles. The molecule has 5 nitrogen and oxygen atoms in total. The average Bonchev–Trinajstić information content (AvgIpc) is 2.31. The summed E-state index contributed by atoms with van der Waals surface area (Å²) >= 11 is 0. The number of hydrogen-bond donors (Lipinski definition) is 0. The molecule has 0 amide bonds. The van der Waals surface area contributed by atoms with E-state index < -0.39 is 11.7 Å². The number of rotatable bonds is 5. The Morgan fingerprint density at radius 2 is 2.28 bits per heavy atom. The van der Waals surface area contributed by atoms with Crippen molar-refractivity contribution in [1.29, 1.82) is 0 Å². The first-order valence-corrected chi connectivity index (χ1v) is 6.03. The summed E-state index contributed by atoms with van der Waals surface area (Å²) in [6.07, 6.45) is 1.05. The molecule has 0 aromatic heterocycles. The molecule has 0 aromatic rings. The fourth-order valence-corrected chi connectivity index (χ4v) is 2.17. The van der Waals surface area contributed by atoms with E-state index in [9.17, 15) is 4.79 Å². The lowest BCUT2D eigenvalue weighted by Gasteiger charge is -2.45. The molecule has 0 aromatic carbocycles. The maximum atomic E-state index is 11.1. The van der Waals surface area contributed by atoms with Gasteiger partial charge in [0, 0.05) is 20.5 Å². The van der Waals surface area contributed by atoms with Crippen LogP contribution in [0.2, 0.25) is 0 Å². The van der Waals surface area contributed by atoms with Gasteiger partial charge >= 0.3 is 5.97 Å². The summed E-state index contributed by atoms with van der Waals surface area (Å²) in [5, 5.41) is 0. The Hall–Kier alpha value is -0.910. The van der Waals surface area contributed by atoms with E-state index in [4.69, 9.17) is 18.9 Å². The molecule has 1 saturated heterocycles. The second-order valence-corrected chi connectivity index (χ2v) is 4.64. The molecule has 0 N–H and O–H groups in total. The van der Waals surface area contributed by atoms with Crippen molar-refractivity contribution >= 4 is 5.97 Å². The molecule has 104 valence electrons. The van der Waals surface area contributed by atoms with Crippen LogP contribution in [0.3, 0.4) is 0 Å². The van der Waals surface area contributed by atoms with Gasteiger partial charge in [0.05, 0.1) is 12.7 Å². The van der Waals surface area contributed by atoms with Crippen LogP contribution >= 0.6 is 0 Å². The SMILES string of the molecule is C=CCO[C@@H]1C[C@@](C)(OC)[C@@H](OC(C)=O)[C@H](C)O1. The summed E-state index contributed by atoms with van der Waals surface area (Å²) < 4.78 is 22.0. The summed E-state index contributed by atoms with van der Waals surface area (Å²) in [4.78, 5) is 11.1. The molecular weight excluding hydrogens is 236 g/mol. The first-order chi connectivity index (χ1) is 8.42. The highest BCUT2D eigenvalue weighted by atomic mass is 16.7. The van der Waals surface area contributed by atoms with E-state index in [1.165, 1.54) is 6.92 Å². The van der Waals surface area contributed by atoms with Crippen LogP contribution in [0, 0.1) is 0 Å². The monoisotopic (exact) mass is 258 g/mol. The number of esters is 1. The lowest BCUT2D eigenvalue weighted by molar-refractivity contribution is -0.279. The Bertz CT molecular complexity index is 304. The maximum absolute atomic E-state index is 11.1. The number of ether oxygens (including phenoxy) is 4. The zero-order valence-corrected chi connectivity index (χ0v) is 11.5. The van der Waals surface area contributed by atoms with Crippen LogP contribution in [-0.4, -0.2) is 43.8 Å². The van der Waals surface area contributed by atoms with Crippen molar-refractivity contribution in [3.63, 3.8) is 0 Å². The molecule has 0 bridgehead atoms. The quantitative estimate of drug-likeness (QED) is 0.554. The summed E-state index contributed by atoms with van der Waals surface area (Å²) in [6, 6.07) is 0. The fourth-order valence-electron chi connectivity index (χ4n) is 2.17. The van der Waals surface area contributed by atoms with Gasteiger partial charge in [0.25, 0.3) is 0 Å². The largest absolute Gasteiger partial charge is 0.457 e. The van der Waals surface area contributed by atoms with Crippen LogP contribution in [0.4, 0.5) is 0 Å². The van der Waals surface area contributed by atoms with Gasteiger partial charge in [-0.05, 0) is 13.8 Å². The second kappa shape index (κ2) is 6.31. The minimum absolute atomic E-state index is 0.289. The van der Waals surface area contributed by atoms with Crippen LogP contribution in [-0.2, 0) is 23.7 Å². The van der Waals surface area contributed by atoms with E-state index in [1.54, 1.807) is 13.2 Å². The standard InChI is InChI=1S/C13H22O5/c1-6-7-16-11-8-13(4,15-5)12(9(2)17-11)18-10(3)14/h6,9,11-12H,1,7-8H2,2-5H3/t9-,11-,12-,13+/m0/s1. The van der Waals surface area contributed by atoms with Crippen LogP contribution in [0.25, 0.3) is 0 Å². The number of hydrogen-bond acceptors (Lipinski definition) is 5. The Morgan fingerprint density at radius 3 is 2.78 bits per heavy atom. The summed E-state index contributed by atoms with van der Waals surface area (Å²) in [5.41, 5.74) is -0.616. The van der Waals surface area contributed by atoms with E-state index in [1.807, 2.05) is 13.8 Å². The molecule has 1 rings (SSSR count). The average molecular weight is 258 g/mol. The highest BCUT2D eigenvalue weighted by Gasteiger charge is 2.48. The Morgan fingerprint density at radius 1 is 1.61 bits per heavy atom. The van der Waals surface area contributed by atoms with Crippen LogP contribution < -0.4 is 0 Å².